The molecule has 0 bridgehead atoms. The van der Waals surface area contributed by atoms with E-state index in [1.165, 1.54) is 0 Å². The zero-order chi connectivity index (χ0) is 18.1. The summed E-state index contributed by atoms with van der Waals surface area (Å²) in [7, 11) is 1.65. The van der Waals surface area contributed by atoms with Crippen molar-refractivity contribution in [2.45, 2.75) is 50.6 Å². The van der Waals surface area contributed by atoms with Gasteiger partial charge in [0, 0.05) is 65.0 Å². The predicted octanol–water partition coefficient (Wildman–Crippen LogP) is 1.73. The van der Waals surface area contributed by atoms with Crippen LogP contribution in [0.5, 0.6) is 0 Å². The van der Waals surface area contributed by atoms with Gasteiger partial charge in [0.1, 0.15) is 0 Å². The number of nitrogens with zero attached hydrogens (tertiary/aromatic N) is 3. The lowest BCUT2D eigenvalue weighted by Gasteiger charge is -2.31. The van der Waals surface area contributed by atoms with Gasteiger partial charge in [0.05, 0.1) is 0 Å². The average Bonchev–Trinajstić information content (AvgIpc) is 3.42. The normalized spacial score (nSPS) is 18.6. The van der Waals surface area contributed by atoms with Gasteiger partial charge in [-0.05, 0) is 19.3 Å². The molecule has 2 rings (SSSR count). The molecule has 1 N–H and O–H groups in total. The van der Waals surface area contributed by atoms with E-state index in [0.29, 0.717) is 45.5 Å². The number of nitrogens with one attached hydrogen (secondary N) is 1. The van der Waals surface area contributed by atoms with Gasteiger partial charge < -0.3 is 15.0 Å². The lowest BCUT2D eigenvalue weighted by molar-refractivity contribution is -0.135. The van der Waals surface area contributed by atoms with Crippen LogP contribution in [0.2, 0.25) is 0 Å². The van der Waals surface area contributed by atoms with Crippen molar-refractivity contribution in [1.82, 2.24) is 10.2 Å². The van der Waals surface area contributed by atoms with Crippen molar-refractivity contribution in [1.29, 1.82) is 0 Å². The van der Waals surface area contributed by atoms with E-state index in [9.17, 15) is 9.59 Å². The van der Waals surface area contributed by atoms with Crippen molar-refractivity contribution in [3.05, 3.63) is 0 Å². The number of amides is 2. The molecule has 0 aromatic rings. The maximum absolute atomic E-state index is 12.4. The summed E-state index contributed by atoms with van der Waals surface area (Å²) in [6, 6.07) is 0. The molecular weight excluding hydrogens is 320 g/mol. The van der Waals surface area contributed by atoms with E-state index < -0.39 is 5.66 Å². The Balaban J connectivity index is 1.63. The molecule has 25 heavy (non-hydrogen) atoms. The molecule has 0 atom stereocenters. The maximum Gasteiger partial charge on any atom is 0.223 e. The monoisotopic (exact) mass is 348 g/mol. The number of terminal acetylenes is 1. The molecule has 0 spiro atoms. The largest absolute Gasteiger partial charge is 0.385 e. The number of hydrogen-bond donors (Lipinski definition) is 1. The second-order valence-corrected chi connectivity index (χ2v) is 6.68. The molecule has 0 unspecified atom stereocenters. The minimum atomic E-state index is -0.400. The Morgan fingerprint density at radius 3 is 2.64 bits per heavy atom. The zero-order valence-corrected chi connectivity index (χ0v) is 15.0. The topological polar surface area (TPSA) is 83.4 Å². The number of ether oxygens (including phenoxy) is 1. The molecule has 1 fully saturated rings. The second kappa shape index (κ2) is 9.52. The van der Waals surface area contributed by atoms with Gasteiger partial charge in [-0.25, -0.2) is 0 Å². The van der Waals surface area contributed by atoms with Crippen LogP contribution in [0.25, 0.3) is 0 Å². The van der Waals surface area contributed by atoms with Crippen molar-refractivity contribution in [2.24, 2.45) is 16.1 Å². The average molecular weight is 348 g/mol. The predicted molar refractivity (Wildman–Crippen MR) is 93.7 cm³/mol. The molecular formula is C18H28N4O3. The fourth-order valence-electron chi connectivity index (χ4n) is 3.10. The molecule has 2 aliphatic rings. The fourth-order valence-corrected chi connectivity index (χ4v) is 3.10. The fraction of sp³-hybridized carbons (Fsp3) is 0.778. The van der Waals surface area contributed by atoms with Crippen molar-refractivity contribution < 1.29 is 14.3 Å². The first-order chi connectivity index (χ1) is 12.1. The summed E-state index contributed by atoms with van der Waals surface area (Å²) in [6.07, 6.45) is 9.95. The van der Waals surface area contributed by atoms with Crippen LogP contribution in [0.15, 0.2) is 10.2 Å². The van der Waals surface area contributed by atoms with Gasteiger partial charge in [-0.15, -0.1) is 12.3 Å². The van der Waals surface area contributed by atoms with Crippen LogP contribution in [0.3, 0.4) is 0 Å². The third kappa shape index (κ3) is 6.13. The van der Waals surface area contributed by atoms with Crippen LogP contribution in [0.4, 0.5) is 0 Å². The highest BCUT2D eigenvalue weighted by Gasteiger charge is 2.39. The summed E-state index contributed by atoms with van der Waals surface area (Å²) in [4.78, 5) is 26.3. The molecule has 0 aliphatic carbocycles. The second-order valence-electron chi connectivity index (χ2n) is 6.68. The minimum absolute atomic E-state index is 0.00185. The van der Waals surface area contributed by atoms with Crippen LogP contribution in [0, 0.1) is 18.3 Å². The Morgan fingerprint density at radius 2 is 2.04 bits per heavy atom. The standard InChI is InChI=1S/C18H28N4O3/c1-3-4-9-18(20-21-18)10-6-16(23)22-12-7-15(8-13-22)17(24)19-11-5-14-25-2/h1,15H,4-14H2,2H3,(H,19,24). The molecule has 2 amide bonds. The number of likely N-dealkylation sites (tertiary alicyclic amines) is 1. The summed E-state index contributed by atoms with van der Waals surface area (Å²) in [5.41, 5.74) is -0.400. The van der Waals surface area contributed by atoms with E-state index in [1.807, 2.05) is 4.90 Å². The molecule has 0 saturated carbocycles. The molecule has 0 aromatic carbocycles. The summed E-state index contributed by atoms with van der Waals surface area (Å²) in [6.45, 7) is 2.56. The molecule has 138 valence electrons. The Labute approximate surface area is 149 Å². The molecule has 2 heterocycles. The third-order valence-electron chi connectivity index (χ3n) is 4.83. The van der Waals surface area contributed by atoms with Crippen LogP contribution in [-0.2, 0) is 14.3 Å². The third-order valence-corrected chi connectivity index (χ3v) is 4.83. The van der Waals surface area contributed by atoms with Gasteiger partial charge in [0.2, 0.25) is 11.8 Å². The number of carbonyl (C=O) groups excluding carboxylic acids is 2. The van der Waals surface area contributed by atoms with E-state index in [1.54, 1.807) is 7.11 Å². The molecule has 7 nitrogen and oxygen atoms in total. The first-order valence-electron chi connectivity index (χ1n) is 9.02. The summed E-state index contributed by atoms with van der Waals surface area (Å²) in [5.74, 6) is 2.80. The number of piperidine rings is 1. The Morgan fingerprint density at radius 1 is 1.32 bits per heavy atom. The Hall–Kier alpha value is -1.94. The van der Waals surface area contributed by atoms with Gasteiger partial charge in [0.25, 0.3) is 0 Å². The highest BCUT2D eigenvalue weighted by atomic mass is 16.5. The number of carbonyl (C=O) groups is 2. The van der Waals surface area contributed by atoms with Crippen LogP contribution >= 0.6 is 0 Å². The lowest BCUT2D eigenvalue weighted by atomic mass is 9.95. The molecule has 0 radical (unpaired) electrons. The SMILES string of the molecule is C#CCCC1(CCC(=O)N2CCC(C(=O)NCCCOC)CC2)N=N1. The highest BCUT2D eigenvalue weighted by Crippen LogP contribution is 2.37. The van der Waals surface area contributed by atoms with Crippen molar-refractivity contribution in [2.75, 3.05) is 33.4 Å². The molecule has 2 aliphatic heterocycles. The molecule has 1 saturated heterocycles. The van der Waals surface area contributed by atoms with E-state index in [2.05, 4.69) is 21.5 Å². The van der Waals surface area contributed by atoms with E-state index in [-0.39, 0.29) is 17.7 Å². The smallest absolute Gasteiger partial charge is 0.223 e. The quantitative estimate of drug-likeness (QED) is 0.482. The Kier molecular flexibility index (Phi) is 7.38. The van der Waals surface area contributed by atoms with Gasteiger partial charge in [0.15, 0.2) is 5.66 Å². The van der Waals surface area contributed by atoms with Gasteiger partial charge in [-0.1, -0.05) is 0 Å². The summed E-state index contributed by atoms with van der Waals surface area (Å²) < 4.78 is 4.96. The highest BCUT2D eigenvalue weighted by molar-refractivity contribution is 5.80. The van der Waals surface area contributed by atoms with Crippen LogP contribution < -0.4 is 5.32 Å². The van der Waals surface area contributed by atoms with E-state index in [4.69, 9.17) is 11.2 Å². The van der Waals surface area contributed by atoms with Gasteiger partial charge >= 0.3 is 0 Å². The minimum Gasteiger partial charge on any atom is -0.385 e. The lowest BCUT2D eigenvalue weighted by Crippen LogP contribution is -2.43. The molecule has 7 heteroatoms. The number of hydrogen-bond acceptors (Lipinski definition) is 5. The van der Waals surface area contributed by atoms with Crippen LogP contribution in [0.1, 0.15) is 44.9 Å². The molecule has 0 aromatic heterocycles. The first-order valence-corrected chi connectivity index (χ1v) is 9.02. The van der Waals surface area contributed by atoms with Crippen molar-refractivity contribution >= 4 is 11.8 Å². The summed E-state index contributed by atoms with van der Waals surface area (Å²) in [5, 5.41) is 11.1. The number of rotatable bonds is 10. The van der Waals surface area contributed by atoms with Crippen molar-refractivity contribution in [3.8, 4) is 12.3 Å². The maximum atomic E-state index is 12.4. The van der Waals surface area contributed by atoms with Gasteiger partial charge in [-0.2, -0.15) is 10.2 Å². The summed E-state index contributed by atoms with van der Waals surface area (Å²) >= 11 is 0. The van der Waals surface area contributed by atoms with Crippen LogP contribution in [-0.4, -0.2) is 55.7 Å². The van der Waals surface area contributed by atoms with Gasteiger partial charge in [-0.3, -0.25) is 9.59 Å². The first kappa shape index (κ1) is 19.4. The zero-order valence-electron chi connectivity index (χ0n) is 15.0. The number of methoxy groups -OCH3 is 1. The van der Waals surface area contributed by atoms with E-state index >= 15 is 0 Å². The Bertz CT molecular complexity index is 527. The van der Waals surface area contributed by atoms with E-state index in [0.717, 1.165) is 25.7 Å². The van der Waals surface area contributed by atoms with Crippen molar-refractivity contribution in [3.63, 3.8) is 0 Å².